The molecule has 0 atom stereocenters. The Morgan fingerprint density at radius 1 is 0.882 bits per heavy atom. The molecule has 0 aromatic heterocycles. The van der Waals surface area contributed by atoms with E-state index in [4.69, 9.17) is 0 Å². The molecule has 0 fully saturated rings. The van der Waals surface area contributed by atoms with Gasteiger partial charge in [-0.3, -0.25) is 0 Å². The van der Waals surface area contributed by atoms with Gasteiger partial charge in [-0.15, -0.1) is 0 Å². The molecule has 0 aliphatic carbocycles. The molecule has 0 amide bonds. The van der Waals surface area contributed by atoms with Gasteiger partial charge >= 0.3 is 0 Å². The minimum absolute atomic E-state index is 0.125. The third kappa shape index (κ3) is 13.8. The van der Waals surface area contributed by atoms with Crippen LogP contribution in [-0.4, -0.2) is 79.0 Å². The molecule has 0 aromatic carbocycles. The fourth-order valence-corrected chi connectivity index (χ4v) is 2.24. The van der Waals surface area contributed by atoms with Gasteiger partial charge < -0.3 is 10.2 Å². The summed E-state index contributed by atoms with van der Waals surface area (Å²) in [6.45, 7) is 2.26. The zero-order valence-corrected chi connectivity index (χ0v) is 12.3. The lowest BCUT2D eigenvalue weighted by Gasteiger charge is -2.16. The van der Waals surface area contributed by atoms with E-state index < -0.39 is 19.7 Å². The standard InChI is InChI=1S/C9H22N2O4S2/c1-11(7-9-17(3,14)15)6-4-10-5-8-16(2,12)13/h10H,4-9H2,1-3H3. The maximum absolute atomic E-state index is 10.9. The lowest BCUT2D eigenvalue weighted by atomic mass is 10.5. The van der Waals surface area contributed by atoms with E-state index in [0.29, 0.717) is 26.2 Å². The van der Waals surface area contributed by atoms with Crippen molar-refractivity contribution in [3.63, 3.8) is 0 Å². The van der Waals surface area contributed by atoms with Crippen molar-refractivity contribution in [1.82, 2.24) is 10.2 Å². The van der Waals surface area contributed by atoms with E-state index in [9.17, 15) is 16.8 Å². The Kier molecular flexibility index (Phi) is 7.22. The molecule has 0 saturated carbocycles. The summed E-state index contributed by atoms with van der Waals surface area (Å²) in [5.41, 5.74) is 0. The van der Waals surface area contributed by atoms with E-state index in [1.807, 2.05) is 11.9 Å². The van der Waals surface area contributed by atoms with Gasteiger partial charge in [-0.2, -0.15) is 0 Å². The Bertz CT molecular complexity index is 403. The Hall–Kier alpha value is -0.180. The van der Waals surface area contributed by atoms with Crippen LogP contribution in [0.4, 0.5) is 0 Å². The molecule has 0 saturated heterocycles. The van der Waals surface area contributed by atoms with Crippen molar-refractivity contribution in [2.45, 2.75) is 0 Å². The summed E-state index contributed by atoms with van der Waals surface area (Å²) in [6.07, 6.45) is 2.41. The Morgan fingerprint density at radius 3 is 1.88 bits per heavy atom. The monoisotopic (exact) mass is 286 g/mol. The van der Waals surface area contributed by atoms with Crippen LogP contribution in [-0.2, 0) is 19.7 Å². The van der Waals surface area contributed by atoms with Gasteiger partial charge in [0.25, 0.3) is 0 Å². The zero-order chi connectivity index (χ0) is 13.5. The average Bonchev–Trinajstić information content (AvgIpc) is 2.11. The van der Waals surface area contributed by atoms with Crippen LogP contribution in [0.15, 0.2) is 0 Å². The van der Waals surface area contributed by atoms with E-state index in [1.165, 1.54) is 12.5 Å². The first kappa shape index (κ1) is 16.8. The maximum Gasteiger partial charge on any atom is 0.148 e. The highest BCUT2D eigenvalue weighted by atomic mass is 32.2. The summed E-state index contributed by atoms with van der Waals surface area (Å²) >= 11 is 0. The van der Waals surface area contributed by atoms with Crippen LogP contribution in [0.3, 0.4) is 0 Å². The van der Waals surface area contributed by atoms with Crippen LogP contribution in [0, 0.1) is 0 Å². The smallest absolute Gasteiger partial charge is 0.148 e. The number of likely N-dealkylation sites (N-methyl/N-ethyl adjacent to an activating group) is 1. The van der Waals surface area contributed by atoms with Gasteiger partial charge in [0.1, 0.15) is 19.7 Å². The molecule has 0 aromatic rings. The van der Waals surface area contributed by atoms with Crippen molar-refractivity contribution in [3.8, 4) is 0 Å². The molecule has 0 radical (unpaired) electrons. The molecular weight excluding hydrogens is 264 g/mol. The van der Waals surface area contributed by atoms with Gasteiger partial charge in [0.2, 0.25) is 0 Å². The van der Waals surface area contributed by atoms with E-state index >= 15 is 0 Å². The highest BCUT2D eigenvalue weighted by Crippen LogP contribution is 1.87. The largest absolute Gasteiger partial charge is 0.314 e. The van der Waals surface area contributed by atoms with Crippen molar-refractivity contribution in [3.05, 3.63) is 0 Å². The second kappa shape index (κ2) is 7.30. The van der Waals surface area contributed by atoms with Crippen LogP contribution in [0.5, 0.6) is 0 Å². The number of hydrogen-bond acceptors (Lipinski definition) is 6. The SMILES string of the molecule is CN(CCNCCS(C)(=O)=O)CCS(C)(=O)=O. The fraction of sp³-hybridized carbons (Fsp3) is 1.00. The van der Waals surface area contributed by atoms with E-state index in [0.717, 1.165) is 0 Å². The number of sulfone groups is 2. The number of hydrogen-bond donors (Lipinski definition) is 1. The lowest BCUT2D eigenvalue weighted by Crippen LogP contribution is -2.34. The van der Waals surface area contributed by atoms with E-state index in [-0.39, 0.29) is 11.5 Å². The first-order valence-electron chi connectivity index (χ1n) is 5.35. The van der Waals surface area contributed by atoms with E-state index in [2.05, 4.69) is 5.32 Å². The van der Waals surface area contributed by atoms with Crippen molar-refractivity contribution >= 4 is 19.7 Å². The van der Waals surface area contributed by atoms with Crippen LogP contribution >= 0.6 is 0 Å². The molecule has 0 unspecified atom stereocenters. The quantitative estimate of drug-likeness (QED) is 0.525. The van der Waals surface area contributed by atoms with Gasteiger partial charge in [0.05, 0.1) is 11.5 Å². The zero-order valence-electron chi connectivity index (χ0n) is 10.6. The number of rotatable bonds is 9. The molecule has 6 nitrogen and oxygen atoms in total. The third-order valence-electron chi connectivity index (χ3n) is 2.16. The minimum atomic E-state index is -2.92. The maximum atomic E-state index is 10.9. The molecule has 0 bridgehead atoms. The lowest BCUT2D eigenvalue weighted by molar-refractivity contribution is 0.351. The van der Waals surface area contributed by atoms with Gasteiger partial charge in [-0.25, -0.2) is 16.8 Å². The molecule has 0 rings (SSSR count). The fourth-order valence-electron chi connectivity index (χ4n) is 1.09. The van der Waals surface area contributed by atoms with Crippen LogP contribution in [0.25, 0.3) is 0 Å². The Morgan fingerprint density at radius 2 is 1.41 bits per heavy atom. The average molecular weight is 286 g/mol. The van der Waals surface area contributed by atoms with E-state index in [1.54, 1.807) is 0 Å². The minimum Gasteiger partial charge on any atom is -0.314 e. The highest BCUT2D eigenvalue weighted by molar-refractivity contribution is 7.90. The van der Waals surface area contributed by atoms with Gasteiger partial charge in [0, 0.05) is 38.7 Å². The number of nitrogens with zero attached hydrogens (tertiary/aromatic N) is 1. The molecule has 0 spiro atoms. The Labute approximate surface area is 104 Å². The molecule has 17 heavy (non-hydrogen) atoms. The molecule has 0 aliphatic rings. The van der Waals surface area contributed by atoms with Crippen molar-refractivity contribution in [2.75, 3.05) is 57.2 Å². The molecule has 0 aliphatic heterocycles. The van der Waals surface area contributed by atoms with Gasteiger partial charge in [0.15, 0.2) is 0 Å². The van der Waals surface area contributed by atoms with Crippen molar-refractivity contribution in [2.24, 2.45) is 0 Å². The molecule has 104 valence electrons. The normalized spacial score (nSPS) is 13.2. The summed E-state index contributed by atoms with van der Waals surface area (Å²) in [5, 5.41) is 3.00. The third-order valence-corrected chi connectivity index (χ3v) is 4.03. The molecule has 8 heteroatoms. The summed E-state index contributed by atoms with van der Waals surface area (Å²) < 4.78 is 43.5. The summed E-state index contributed by atoms with van der Waals surface area (Å²) in [4.78, 5) is 1.90. The van der Waals surface area contributed by atoms with Gasteiger partial charge in [-0.1, -0.05) is 0 Å². The van der Waals surface area contributed by atoms with Crippen molar-refractivity contribution in [1.29, 1.82) is 0 Å². The van der Waals surface area contributed by atoms with Crippen LogP contribution in [0.2, 0.25) is 0 Å². The second-order valence-corrected chi connectivity index (χ2v) is 8.83. The van der Waals surface area contributed by atoms with Gasteiger partial charge in [-0.05, 0) is 7.05 Å². The molecular formula is C9H22N2O4S2. The van der Waals surface area contributed by atoms with Crippen LogP contribution < -0.4 is 5.32 Å². The summed E-state index contributed by atoms with van der Waals surface area (Å²) in [6, 6.07) is 0. The first-order valence-corrected chi connectivity index (χ1v) is 9.47. The molecule has 0 heterocycles. The van der Waals surface area contributed by atoms with Crippen molar-refractivity contribution < 1.29 is 16.8 Å². The topological polar surface area (TPSA) is 83.6 Å². The Balaban J connectivity index is 3.56. The van der Waals surface area contributed by atoms with Crippen LogP contribution in [0.1, 0.15) is 0 Å². The first-order chi connectivity index (χ1) is 7.60. The highest BCUT2D eigenvalue weighted by Gasteiger charge is 2.05. The molecule has 1 N–H and O–H groups in total. The summed E-state index contributed by atoms with van der Waals surface area (Å²) in [5.74, 6) is 0.271. The summed E-state index contributed by atoms with van der Waals surface area (Å²) in [7, 11) is -3.99. The second-order valence-electron chi connectivity index (χ2n) is 4.31. The predicted molar refractivity (Wildman–Crippen MR) is 69.8 cm³/mol. The number of nitrogens with one attached hydrogen (secondary N) is 1. The predicted octanol–water partition coefficient (Wildman–Crippen LogP) is -1.40.